The molecule has 2 rings (SSSR count). The molecule has 0 N–H and O–H groups in total. The standard InChI is InChI=1S/C11H12Cl2O2/c1-7-9(12)4-3-8(10(7)13)11(2)14-5-6-15-11/h3-4H,5-6H2,1-2H3. The van der Waals surface area contributed by atoms with Crippen molar-refractivity contribution in [1.29, 1.82) is 0 Å². The maximum atomic E-state index is 6.22. The highest BCUT2D eigenvalue weighted by molar-refractivity contribution is 6.36. The third-order valence-corrected chi connectivity index (χ3v) is 3.54. The molecule has 1 saturated heterocycles. The number of hydrogen-bond donors (Lipinski definition) is 0. The van der Waals surface area contributed by atoms with E-state index in [4.69, 9.17) is 32.7 Å². The zero-order valence-electron chi connectivity index (χ0n) is 8.64. The molecule has 1 aliphatic rings. The van der Waals surface area contributed by atoms with Crippen LogP contribution in [0.4, 0.5) is 0 Å². The van der Waals surface area contributed by atoms with Crippen LogP contribution in [-0.4, -0.2) is 13.2 Å². The van der Waals surface area contributed by atoms with Gasteiger partial charge in [-0.2, -0.15) is 0 Å². The molecule has 0 radical (unpaired) electrons. The zero-order chi connectivity index (χ0) is 11.1. The second-order valence-electron chi connectivity index (χ2n) is 3.68. The summed E-state index contributed by atoms with van der Waals surface area (Å²) in [4.78, 5) is 0. The number of benzene rings is 1. The van der Waals surface area contributed by atoms with Gasteiger partial charge >= 0.3 is 0 Å². The summed E-state index contributed by atoms with van der Waals surface area (Å²) in [6, 6.07) is 3.66. The van der Waals surface area contributed by atoms with Gasteiger partial charge in [0.25, 0.3) is 0 Å². The third-order valence-electron chi connectivity index (χ3n) is 2.65. The van der Waals surface area contributed by atoms with Gasteiger partial charge in [0, 0.05) is 10.6 Å². The molecule has 4 heteroatoms. The normalized spacial score (nSPS) is 19.5. The fourth-order valence-corrected chi connectivity index (χ4v) is 2.22. The van der Waals surface area contributed by atoms with Crippen molar-refractivity contribution < 1.29 is 9.47 Å². The first-order valence-electron chi connectivity index (χ1n) is 4.77. The van der Waals surface area contributed by atoms with E-state index in [2.05, 4.69) is 0 Å². The van der Waals surface area contributed by atoms with Gasteiger partial charge in [0.15, 0.2) is 5.79 Å². The minimum atomic E-state index is -0.730. The van der Waals surface area contributed by atoms with Crippen LogP contribution in [0.2, 0.25) is 10.0 Å². The van der Waals surface area contributed by atoms with E-state index in [0.717, 1.165) is 11.1 Å². The molecular formula is C11H12Cl2O2. The summed E-state index contributed by atoms with van der Waals surface area (Å²) < 4.78 is 11.1. The summed E-state index contributed by atoms with van der Waals surface area (Å²) in [5, 5.41) is 1.28. The smallest absolute Gasteiger partial charge is 0.193 e. The quantitative estimate of drug-likeness (QED) is 0.755. The Bertz CT molecular complexity index is 384. The van der Waals surface area contributed by atoms with Crippen molar-refractivity contribution in [2.45, 2.75) is 19.6 Å². The molecule has 0 saturated carbocycles. The maximum absolute atomic E-state index is 6.22. The average Bonchev–Trinajstić information content (AvgIpc) is 2.62. The van der Waals surface area contributed by atoms with Crippen LogP contribution in [0.25, 0.3) is 0 Å². The van der Waals surface area contributed by atoms with Crippen LogP contribution in [0.3, 0.4) is 0 Å². The summed E-state index contributed by atoms with van der Waals surface area (Å²) in [6.45, 7) is 4.93. The van der Waals surface area contributed by atoms with E-state index in [-0.39, 0.29) is 0 Å². The molecule has 1 aromatic carbocycles. The number of rotatable bonds is 1. The number of ether oxygens (including phenoxy) is 2. The molecule has 82 valence electrons. The zero-order valence-corrected chi connectivity index (χ0v) is 10.2. The summed E-state index contributed by atoms with van der Waals surface area (Å²) in [5.41, 5.74) is 1.69. The van der Waals surface area contributed by atoms with Crippen molar-refractivity contribution in [2.24, 2.45) is 0 Å². The first-order chi connectivity index (χ1) is 7.04. The lowest BCUT2D eigenvalue weighted by molar-refractivity contribution is -0.149. The van der Waals surface area contributed by atoms with Crippen LogP contribution in [-0.2, 0) is 15.3 Å². The van der Waals surface area contributed by atoms with Crippen molar-refractivity contribution in [1.82, 2.24) is 0 Å². The predicted molar refractivity (Wildman–Crippen MR) is 60.5 cm³/mol. The van der Waals surface area contributed by atoms with Crippen LogP contribution in [0, 0.1) is 6.92 Å². The van der Waals surface area contributed by atoms with Crippen LogP contribution in [0.5, 0.6) is 0 Å². The van der Waals surface area contributed by atoms with Gasteiger partial charge in [-0.05, 0) is 25.5 Å². The highest BCUT2D eigenvalue weighted by atomic mass is 35.5. The van der Waals surface area contributed by atoms with Gasteiger partial charge in [0.2, 0.25) is 0 Å². The van der Waals surface area contributed by atoms with Gasteiger partial charge in [-0.15, -0.1) is 0 Å². The Kier molecular flexibility index (Phi) is 2.95. The third kappa shape index (κ3) is 1.87. The van der Waals surface area contributed by atoms with Gasteiger partial charge in [0.05, 0.1) is 18.2 Å². The topological polar surface area (TPSA) is 18.5 Å². The Morgan fingerprint density at radius 1 is 1.20 bits per heavy atom. The first-order valence-corrected chi connectivity index (χ1v) is 5.53. The van der Waals surface area contributed by atoms with Crippen molar-refractivity contribution in [3.8, 4) is 0 Å². The Labute approximate surface area is 99.1 Å². The highest BCUT2D eigenvalue weighted by Crippen LogP contribution is 2.38. The SMILES string of the molecule is Cc1c(Cl)ccc(C2(C)OCCO2)c1Cl. The first kappa shape index (κ1) is 11.2. The lowest BCUT2D eigenvalue weighted by Crippen LogP contribution is -2.23. The van der Waals surface area contributed by atoms with E-state index in [1.165, 1.54) is 0 Å². The Hall–Kier alpha value is -0.280. The van der Waals surface area contributed by atoms with Crippen LogP contribution >= 0.6 is 23.2 Å². The fraction of sp³-hybridized carbons (Fsp3) is 0.455. The number of halogens is 2. The molecule has 1 heterocycles. The molecule has 15 heavy (non-hydrogen) atoms. The monoisotopic (exact) mass is 246 g/mol. The molecule has 0 spiro atoms. The molecular weight excluding hydrogens is 235 g/mol. The van der Waals surface area contributed by atoms with E-state index in [0.29, 0.717) is 23.3 Å². The van der Waals surface area contributed by atoms with E-state index < -0.39 is 5.79 Å². The molecule has 0 atom stereocenters. The predicted octanol–water partition coefficient (Wildman–Crippen LogP) is 3.52. The maximum Gasteiger partial charge on any atom is 0.193 e. The Morgan fingerprint density at radius 3 is 2.40 bits per heavy atom. The Balaban J connectivity index is 2.49. The van der Waals surface area contributed by atoms with E-state index in [1.54, 1.807) is 0 Å². The highest BCUT2D eigenvalue weighted by Gasteiger charge is 2.35. The van der Waals surface area contributed by atoms with Gasteiger partial charge in [-0.3, -0.25) is 0 Å². The minimum Gasteiger partial charge on any atom is -0.344 e. The average molecular weight is 247 g/mol. The molecule has 0 bridgehead atoms. The molecule has 1 fully saturated rings. The molecule has 2 nitrogen and oxygen atoms in total. The summed E-state index contributed by atoms with van der Waals surface area (Å²) >= 11 is 12.2. The second kappa shape index (κ2) is 3.95. The van der Waals surface area contributed by atoms with E-state index >= 15 is 0 Å². The lowest BCUT2D eigenvalue weighted by atomic mass is 10.0. The van der Waals surface area contributed by atoms with Gasteiger partial charge in [-0.25, -0.2) is 0 Å². The minimum absolute atomic E-state index is 0.592. The van der Waals surface area contributed by atoms with E-state index in [1.807, 2.05) is 26.0 Å². The van der Waals surface area contributed by atoms with Crippen LogP contribution in [0.1, 0.15) is 18.1 Å². The van der Waals surface area contributed by atoms with Crippen LogP contribution < -0.4 is 0 Å². The molecule has 1 aromatic rings. The van der Waals surface area contributed by atoms with Gasteiger partial charge < -0.3 is 9.47 Å². The summed E-state index contributed by atoms with van der Waals surface area (Å²) in [7, 11) is 0. The molecule has 0 unspecified atom stereocenters. The van der Waals surface area contributed by atoms with Gasteiger partial charge in [-0.1, -0.05) is 29.3 Å². The largest absolute Gasteiger partial charge is 0.344 e. The lowest BCUT2D eigenvalue weighted by Gasteiger charge is -2.24. The molecule has 0 aromatic heterocycles. The van der Waals surface area contributed by atoms with Crippen molar-refractivity contribution in [3.05, 3.63) is 33.3 Å². The summed E-state index contributed by atoms with van der Waals surface area (Å²) in [5.74, 6) is -0.730. The van der Waals surface area contributed by atoms with Gasteiger partial charge in [0.1, 0.15) is 0 Å². The Morgan fingerprint density at radius 2 is 1.80 bits per heavy atom. The van der Waals surface area contributed by atoms with Crippen molar-refractivity contribution in [2.75, 3.05) is 13.2 Å². The van der Waals surface area contributed by atoms with Crippen LogP contribution in [0.15, 0.2) is 12.1 Å². The van der Waals surface area contributed by atoms with E-state index in [9.17, 15) is 0 Å². The molecule has 0 amide bonds. The second-order valence-corrected chi connectivity index (χ2v) is 4.46. The number of hydrogen-bond acceptors (Lipinski definition) is 2. The molecule has 1 aliphatic heterocycles. The summed E-state index contributed by atoms with van der Waals surface area (Å²) in [6.07, 6.45) is 0. The van der Waals surface area contributed by atoms with Crippen molar-refractivity contribution in [3.63, 3.8) is 0 Å². The molecule has 0 aliphatic carbocycles. The fourth-order valence-electron chi connectivity index (χ4n) is 1.68. The van der Waals surface area contributed by atoms with Crippen molar-refractivity contribution >= 4 is 23.2 Å².